The van der Waals surface area contributed by atoms with Gasteiger partial charge < -0.3 is 14.9 Å². The summed E-state index contributed by atoms with van der Waals surface area (Å²) in [4.78, 5) is 11.0. The molecular weight excluding hydrogens is 232 g/mol. The van der Waals surface area contributed by atoms with Gasteiger partial charge in [-0.25, -0.2) is 0 Å². The van der Waals surface area contributed by atoms with Crippen molar-refractivity contribution in [2.24, 2.45) is 5.92 Å². The minimum atomic E-state index is -1.01. The number of aliphatic carboxylic acids is 1. The van der Waals surface area contributed by atoms with Crippen molar-refractivity contribution in [3.63, 3.8) is 0 Å². The average molecular weight is 252 g/mol. The quantitative estimate of drug-likeness (QED) is 0.816. The minimum absolute atomic E-state index is 0.0406. The van der Waals surface area contributed by atoms with Crippen molar-refractivity contribution >= 4 is 5.97 Å². The van der Waals surface area contributed by atoms with E-state index < -0.39 is 18.0 Å². The number of hydrogen-bond acceptors (Lipinski definition) is 3. The van der Waals surface area contributed by atoms with Crippen molar-refractivity contribution < 1.29 is 19.7 Å². The summed E-state index contributed by atoms with van der Waals surface area (Å²) >= 11 is 0. The second kappa shape index (κ2) is 6.40. The fourth-order valence-electron chi connectivity index (χ4n) is 1.81. The molecule has 2 N–H and O–H groups in total. The fraction of sp³-hybridized carbons (Fsp3) is 0.500. The fourth-order valence-corrected chi connectivity index (χ4v) is 1.81. The van der Waals surface area contributed by atoms with Gasteiger partial charge in [-0.2, -0.15) is 0 Å². The van der Waals surface area contributed by atoms with Gasteiger partial charge in [0.25, 0.3) is 0 Å². The van der Waals surface area contributed by atoms with Crippen LogP contribution >= 0.6 is 0 Å². The summed E-state index contributed by atoms with van der Waals surface area (Å²) in [5.74, 6) is -1.14. The van der Waals surface area contributed by atoms with E-state index in [1.807, 2.05) is 13.8 Å². The Labute approximate surface area is 107 Å². The Morgan fingerprint density at radius 2 is 2.06 bits per heavy atom. The number of carboxylic acids is 1. The zero-order chi connectivity index (χ0) is 13.7. The first-order valence-corrected chi connectivity index (χ1v) is 6.13. The summed E-state index contributed by atoms with van der Waals surface area (Å²) in [5.41, 5.74) is 0.572. The maximum Gasteiger partial charge on any atom is 0.309 e. The van der Waals surface area contributed by atoms with Crippen LogP contribution in [-0.2, 0) is 4.79 Å². The van der Waals surface area contributed by atoms with E-state index in [9.17, 15) is 9.90 Å². The van der Waals surface area contributed by atoms with Gasteiger partial charge in [0.2, 0.25) is 0 Å². The number of carbonyl (C=O) groups is 1. The molecule has 4 nitrogen and oxygen atoms in total. The molecule has 0 heterocycles. The van der Waals surface area contributed by atoms with E-state index in [1.165, 1.54) is 0 Å². The van der Waals surface area contributed by atoms with E-state index in [0.717, 1.165) is 0 Å². The third kappa shape index (κ3) is 3.74. The Hall–Kier alpha value is -1.55. The molecule has 0 aromatic heterocycles. The zero-order valence-electron chi connectivity index (χ0n) is 11.0. The van der Waals surface area contributed by atoms with Crippen LogP contribution in [0.25, 0.3) is 0 Å². The van der Waals surface area contributed by atoms with Crippen molar-refractivity contribution in [2.75, 3.05) is 0 Å². The molecule has 2 unspecified atom stereocenters. The molecule has 0 aliphatic heterocycles. The third-order valence-electron chi connectivity index (χ3n) is 2.71. The van der Waals surface area contributed by atoms with Crippen molar-refractivity contribution in [2.45, 2.75) is 39.4 Å². The smallest absolute Gasteiger partial charge is 0.309 e. The van der Waals surface area contributed by atoms with E-state index in [-0.39, 0.29) is 6.10 Å². The first kappa shape index (κ1) is 14.5. The Morgan fingerprint density at radius 3 is 2.56 bits per heavy atom. The largest absolute Gasteiger partial charge is 0.491 e. The number of benzene rings is 1. The van der Waals surface area contributed by atoms with E-state index in [0.29, 0.717) is 17.7 Å². The molecule has 0 spiro atoms. The molecule has 0 aliphatic carbocycles. The van der Waals surface area contributed by atoms with Crippen LogP contribution in [0.1, 0.15) is 38.9 Å². The lowest BCUT2D eigenvalue weighted by atomic mass is 9.93. The Morgan fingerprint density at radius 1 is 1.39 bits per heavy atom. The number of ether oxygens (including phenoxy) is 1. The standard InChI is InChI=1S/C14H20O4/c1-4-12(14(16)17)13(15)10-6-5-7-11(8-10)18-9(2)3/h5-9,12-13,15H,4H2,1-3H3,(H,16,17). The van der Waals surface area contributed by atoms with E-state index >= 15 is 0 Å². The summed E-state index contributed by atoms with van der Waals surface area (Å²) in [6.07, 6.45) is -0.590. The zero-order valence-corrected chi connectivity index (χ0v) is 11.0. The van der Waals surface area contributed by atoms with Gasteiger partial charge in [-0.05, 0) is 38.0 Å². The van der Waals surface area contributed by atoms with Crippen molar-refractivity contribution in [3.8, 4) is 5.75 Å². The SMILES string of the molecule is CCC(C(=O)O)C(O)c1cccc(OC(C)C)c1. The number of hydrogen-bond donors (Lipinski definition) is 2. The first-order valence-electron chi connectivity index (χ1n) is 6.13. The van der Waals surface area contributed by atoms with Crippen LogP contribution < -0.4 is 4.74 Å². The first-order chi connectivity index (χ1) is 8.45. The summed E-state index contributed by atoms with van der Waals surface area (Å²) in [7, 11) is 0. The van der Waals surface area contributed by atoms with Gasteiger partial charge in [-0.3, -0.25) is 4.79 Å². The molecule has 100 valence electrons. The third-order valence-corrected chi connectivity index (χ3v) is 2.71. The van der Waals surface area contributed by atoms with Crippen molar-refractivity contribution in [1.82, 2.24) is 0 Å². The molecule has 2 atom stereocenters. The molecule has 0 amide bonds. The Balaban J connectivity index is 2.91. The van der Waals surface area contributed by atoms with Gasteiger partial charge in [0.15, 0.2) is 0 Å². The molecule has 0 aliphatic rings. The average Bonchev–Trinajstić information content (AvgIpc) is 2.28. The van der Waals surface area contributed by atoms with Gasteiger partial charge >= 0.3 is 5.97 Å². The van der Waals surface area contributed by atoms with Crippen molar-refractivity contribution in [3.05, 3.63) is 29.8 Å². The summed E-state index contributed by atoms with van der Waals surface area (Å²) in [6.45, 7) is 5.57. The highest BCUT2D eigenvalue weighted by molar-refractivity contribution is 5.71. The second-order valence-electron chi connectivity index (χ2n) is 4.54. The molecule has 0 saturated heterocycles. The number of carboxylic acid groups (broad SMARTS) is 1. The topological polar surface area (TPSA) is 66.8 Å². The molecule has 1 rings (SSSR count). The molecule has 0 radical (unpaired) electrons. The van der Waals surface area contributed by atoms with Crippen LogP contribution in [0, 0.1) is 5.92 Å². The molecule has 4 heteroatoms. The van der Waals surface area contributed by atoms with Gasteiger partial charge in [0.1, 0.15) is 5.75 Å². The Kier molecular flexibility index (Phi) is 5.16. The molecule has 0 fully saturated rings. The predicted octanol–water partition coefficient (Wildman–Crippen LogP) is 2.62. The maximum atomic E-state index is 11.0. The van der Waals surface area contributed by atoms with Crippen molar-refractivity contribution in [1.29, 1.82) is 0 Å². The predicted molar refractivity (Wildman–Crippen MR) is 68.6 cm³/mol. The number of aliphatic hydroxyl groups excluding tert-OH is 1. The minimum Gasteiger partial charge on any atom is -0.491 e. The van der Waals surface area contributed by atoms with Crippen LogP contribution in [-0.4, -0.2) is 22.3 Å². The van der Waals surface area contributed by atoms with Crippen LogP contribution in [0.15, 0.2) is 24.3 Å². The second-order valence-corrected chi connectivity index (χ2v) is 4.54. The van der Waals surface area contributed by atoms with Crippen LogP contribution in [0.4, 0.5) is 0 Å². The highest BCUT2D eigenvalue weighted by Crippen LogP contribution is 2.27. The lowest BCUT2D eigenvalue weighted by molar-refractivity contribution is -0.146. The van der Waals surface area contributed by atoms with E-state index in [1.54, 1.807) is 31.2 Å². The molecule has 18 heavy (non-hydrogen) atoms. The van der Waals surface area contributed by atoms with Crippen LogP contribution in [0.5, 0.6) is 5.75 Å². The van der Waals surface area contributed by atoms with Crippen LogP contribution in [0.3, 0.4) is 0 Å². The van der Waals surface area contributed by atoms with E-state index in [4.69, 9.17) is 9.84 Å². The number of rotatable bonds is 6. The summed E-state index contributed by atoms with van der Waals surface area (Å²) in [6, 6.07) is 6.95. The normalized spacial score (nSPS) is 14.3. The molecular formula is C14H20O4. The van der Waals surface area contributed by atoms with Gasteiger partial charge in [-0.1, -0.05) is 19.1 Å². The van der Waals surface area contributed by atoms with E-state index in [2.05, 4.69) is 0 Å². The van der Waals surface area contributed by atoms with Gasteiger partial charge in [0, 0.05) is 0 Å². The maximum absolute atomic E-state index is 11.0. The molecule has 1 aromatic rings. The Bertz CT molecular complexity index is 401. The lowest BCUT2D eigenvalue weighted by Gasteiger charge is -2.19. The summed E-state index contributed by atoms with van der Waals surface area (Å²) in [5, 5.41) is 19.1. The number of aliphatic hydroxyl groups is 1. The molecule has 1 aromatic carbocycles. The molecule has 0 bridgehead atoms. The monoisotopic (exact) mass is 252 g/mol. The highest BCUT2D eigenvalue weighted by atomic mass is 16.5. The van der Waals surface area contributed by atoms with Gasteiger partial charge in [0.05, 0.1) is 18.1 Å². The highest BCUT2D eigenvalue weighted by Gasteiger charge is 2.26. The van der Waals surface area contributed by atoms with Gasteiger partial charge in [-0.15, -0.1) is 0 Å². The van der Waals surface area contributed by atoms with Crippen LogP contribution in [0.2, 0.25) is 0 Å². The summed E-state index contributed by atoms with van der Waals surface area (Å²) < 4.78 is 5.52. The molecule has 0 saturated carbocycles. The lowest BCUT2D eigenvalue weighted by Crippen LogP contribution is -2.21.